The molecule has 0 bridgehead atoms. The average molecular weight is 706 g/mol. The summed E-state index contributed by atoms with van der Waals surface area (Å²) in [7, 11) is 0. The van der Waals surface area contributed by atoms with E-state index in [-0.39, 0.29) is 5.41 Å². The molecule has 2 heterocycles. The van der Waals surface area contributed by atoms with Crippen molar-refractivity contribution in [2.75, 3.05) is 0 Å². The Balaban J connectivity index is 1.07. The van der Waals surface area contributed by atoms with E-state index in [4.69, 9.17) is 14.7 Å². The zero-order valence-corrected chi connectivity index (χ0v) is 30.5. The van der Waals surface area contributed by atoms with Crippen LogP contribution in [0.4, 0.5) is 0 Å². The molecule has 0 aliphatic heterocycles. The van der Waals surface area contributed by atoms with E-state index in [2.05, 4.69) is 188 Å². The van der Waals surface area contributed by atoms with E-state index in [0.717, 1.165) is 55.3 Å². The van der Waals surface area contributed by atoms with E-state index >= 15 is 0 Å². The van der Waals surface area contributed by atoms with E-state index in [0.29, 0.717) is 11.8 Å². The summed E-state index contributed by atoms with van der Waals surface area (Å²) >= 11 is 0. The molecule has 0 saturated carbocycles. The van der Waals surface area contributed by atoms with Crippen LogP contribution in [0.25, 0.3) is 82.7 Å². The standard InChI is InChI=1S/C51H35N3O/c1-51(2)44-26-9-7-22-38(44)42-29-43-41-23-8-10-27-48(41)54(49(43)30-45(42)51)34-18-13-19-35(28-34)55-50-52-46(39-24-11-16-32-14-3-5-20-36(32)39)31-47(53-50)40-25-12-17-33-15-4-6-21-37(33)40/h3-31H,1-2H3. The minimum atomic E-state index is -0.111. The van der Waals surface area contributed by atoms with Gasteiger partial charge in [-0.15, -0.1) is 0 Å². The Morgan fingerprint density at radius 3 is 1.75 bits per heavy atom. The highest BCUT2D eigenvalue weighted by atomic mass is 16.5. The van der Waals surface area contributed by atoms with Crippen molar-refractivity contribution in [1.82, 2.24) is 14.5 Å². The number of ether oxygens (including phenoxy) is 1. The van der Waals surface area contributed by atoms with Crippen LogP contribution in [0, 0.1) is 0 Å². The molecule has 4 nitrogen and oxygen atoms in total. The normalized spacial score (nSPS) is 13.1. The molecule has 260 valence electrons. The molecule has 0 radical (unpaired) electrons. The van der Waals surface area contributed by atoms with Gasteiger partial charge in [0.05, 0.1) is 22.4 Å². The summed E-state index contributed by atoms with van der Waals surface area (Å²) in [5, 5.41) is 7.03. The highest BCUT2D eigenvalue weighted by Gasteiger charge is 2.36. The lowest BCUT2D eigenvalue weighted by atomic mass is 9.82. The quantitative estimate of drug-likeness (QED) is 0.179. The summed E-state index contributed by atoms with van der Waals surface area (Å²) in [6.07, 6.45) is 0. The second-order valence-electron chi connectivity index (χ2n) is 15.0. The van der Waals surface area contributed by atoms with E-state index in [9.17, 15) is 0 Å². The van der Waals surface area contributed by atoms with Crippen LogP contribution in [0.3, 0.4) is 0 Å². The second kappa shape index (κ2) is 12.0. The van der Waals surface area contributed by atoms with Gasteiger partial charge in [-0.1, -0.05) is 147 Å². The number of aromatic nitrogens is 3. The number of benzene rings is 8. The monoisotopic (exact) mass is 705 g/mol. The number of nitrogens with zero attached hydrogens (tertiary/aromatic N) is 3. The van der Waals surface area contributed by atoms with Gasteiger partial charge in [0.1, 0.15) is 5.75 Å². The minimum Gasteiger partial charge on any atom is -0.424 e. The van der Waals surface area contributed by atoms with E-state index in [1.165, 1.54) is 38.5 Å². The molecule has 0 unspecified atom stereocenters. The minimum absolute atomic E-state index is 0.111. The van der Waals surface area contributed by atoms with Crippen LogP contribution < -0.4 is 4.74 Å². The van der Waals surface area contributed by atoms with Gasteiger partial charge in [0.25, 0.3) is 0 Å². The van der Waals surface area contributed by atoms with Crippen LogP contribution >= 0.6 is 0 Å². The lowest BCUT2D eigenvalue weighted by molar-refractivity contribution is 0.443. The van der Waals surface area contributed by atoms with Gasteiger partial charge in [-0.25, -0.2) is 0 Å². The lowest BCUT2D eigenvalue weighted by Gasteiger charge is -2.21. The maximum atomic E-state index is 6.70. The molecular formula is C51H35N3O. The predicted molar refractivity (Wildman–Crippen MR) is 226 cm³/mol. The third-order valence-corrected chi connectivity index (χ3v) is 11.5. The van der Waals surface area contributed by atoms with Gasteiger partial charge in [0.2, 0.25) is 0 Å². The Morgan fingerprint density at radius 1 is 0.436 bits per heavy atom. The first-order valence-corrected chi connectivity index (χ1v) is 18.8. The third-order valence-electron chi connectivity index (χ3n) is 11.5. The highest BCUT2D eigenvalue weighted by molar-refractivity contribution is 6.11. The zero-order chi connectivity index (χ0) is 36.7. The molecule has 0 fully saturated rings. The van der Waals surface area contributed by atoms with Crippen molar-refractivity contribution >= 4 is 43.4 Å². The second-order valence-corrected chi connectivity index (χ2v) is 15.0. The van der Waals surface area contributed by atoms with Crippen LogP contribution in [0.5, 0.6) is 11.8 Å². The summed E-state index contributed by atoms with van der Waals surface area (Å²) in [5.41, 5.74) is 12.3. The molecule has 0 amide bonds. The summed E-state index contributed by atoms with van der Waals surface area (Å²) in [6.45, 7) is 4.67. The van der Waals surface area contributed by atoms with Crippen molar-refractivity contribution in [3.63, 3.8) is 0 Å². The van der Waals surface area contributed by atoms with Gasteiger partial charge in [-0.3, -0.25) is 0 Å². The molecule has 8 aromatic carbocycles. The van der Waals surface area contributed by atoms with E-state index in [1.807, 2.05) is 6.07 Å². The fourth-order valence-corrected chi connectivity index (χ4v) is 8.88. The molecule has 0 saturated heterocycles. The summed E-state index contributed by atoms with van der Waals surface area (Å²) in [6, 6.07) is 62.6. The van der Waals surface area contributed by atoms with Gasteiger partial charge >= 0.3 is 6.01 Å². The Morgan fingerprint density at radius 2 is 1.02 bits per heavy atom. The summed E-state index contributed by atoms with van der Waals surface area (Å²) in [4.78, 5) is 10.2. The fourth-order valence-electron chi connectivity index (χ4n) is 8.88. The van der Waals surface area contributed by atoms with Gasteiger partial charge in [-0.05, 0) is 80.2 Å². The largest absolute Gasteiger partial charge is 0.424 e. The molecule has 4 heteroatoms. The first-order chi connectivity index (χ1) is 27.0. The smallest absolute Gasteiger partial charge is 0.323 e. The number of para-hydroxylation sites is 1. The molecule has 0 N–H and O–H groups in total. The Labute approximate surface area is 319 Å². The van der Waals surface area contributed by atoms with Gasteiger partial charge in [0, 0.05) is 39.1 Å². The fraction of sp³-hybridized carbons (Fsp3) is 0.0588. The van der Waals surface area contributed by atoms with Crippen LogP contribution in [-0.4, -0.2) is 14.5 Å². The Bertz CT molecular complexity index is 3060. The molecular weight excluding hydrogens is 671 g/mol. The van der Waals surface area contributed by atoms with Gasteiger partial charge in [0.15, 0.2) is 0 Å². The SMILES string of the molecule is CC1(C)c2ccccc2-c2cc3c4ccccc4n(-c4cccc(Oc5nc(-c6cccc7ccccc67)cc(-c6cccc7ccccc67)n5)c4)c3cc21. The van der Waals surface area contributed by atoms with Crippen molar-refractivity contribution in [2.45, 2.75) is 19.3 Å². The van der Waals surface area contributed by atoms with Crippen LogP contribution in [0.1, 0.15) is 25.0 Å². The maximum absolute atomic E-state index is 6.70. The molecule has 0 atom stereocenters. The topological polar surface area (TPSA) is 39.9 Å². The zero-order valence-electron chi connectivity index (χ0n) is 30.5. The van der Waals surface area contributed by atoms with Crippen LogP contribution in [0.15, 0.2) is 176 Å². The van der Waals surface area contributed by atoms with Crippen molar-refractivity contribution in [1.29, 1.82) is 0 Å². The number of rotatable bonds is 5. The predicted octanol–water partition coefficient (Wildman–Crippen LogP) is 13.3. The number of hydrogen-bond acceptors (Lipinski definition) is 3. The van der Waals surface area contributed by atoms with E-state index in [1.54, 1.807) is 0 Å². The Hall–Kier alpha value is -7.04. The van der Waals surface area contributed by atoms with Crippen molar-refractivity contribution < 1.29 is 4.74 Å². The first kappa shape index (κ1) is 31.5. The molecule has 1 aliphatic rings. The van der Waals surface area contributed by atoms with Crippen molar-refractivity contribution in [3.8, 4) is 51.1 Å². The van der Waals surface area contributed by atoms with Gasteiger partial charge in [-0.2, -0.15) is 9.97 Å². The average Bonchev–Trinajstić information content (AvgIpc) is 3.67. The molecule has 1 aliphatic carbocycles. The van der Waals surface area contributed by atoms with Crippen molar-refractivity contribution in [3.05, 3.63) is 187 Å². The molecule has 10 aromatic rings. The lowest BCUT2D eigenvalue weighted by Crippen LogP contribution is -2.14. The van der Waals surface area contributed by atoms with Gasteiger partial charge < -0.3 is 9.30 Å². The van der Waals surface area contributed by atoms with Crippen LogP contribution in [0.2, 0.25) is 0 Å². The molecule has 11 rings (SSSR count). The maximum Gasteiger partial charge on any atom is 0.323 e. The van der Waals surface area contributed by atoms with Crippen LogP contribution in [-0.2, 0) is 5.41 Å². The third kappa shape index (κ3) is 4.92. The Kier molecular flexibility index (Phi) is 6.86. The number of hydrogen-bond donors (Lipinski definition) is 0. The highest BCUT2D eigenvalue weighted by Crippen LogP contribution is 2.51. The molecule has 0 spiro atoms. The summed E-state index contributed by atoms with van der Waals surface area (Å²) in [5.74, 6) is 0.663. The van der Waals surface area contributed by atoms with Crippen molar-refractivity contribution in [2.24, 2.45) is 0 Å². The van der Waals surface area contributed by atoms with E-state index < -0.39 is 0 Å². The molecule has 2 aromatic heterocycles. The molecule has 55 heavy (non-hydrogen) atoms. The number of fused-ring (bicyclic) bond motifs is 8. The first-order valence-electron chi connectivity index (χ1n) is 18.8. The summed E-state index contributed by atoms with van der Waals surface area (Å²) < 4.78 is 9.07.